The number of nitrogens with zero attached hydrogens (tertiary/aromatic N) is 3. The summed E-state index contributed by atoms with van der Waals surface area (Å²) in [4.78, 5) is 18.7. The maximum atomic E-state index is 5.79. The second-order valence-corrected chi connectivity index (χ2v) is 24.8. The van der Waals surface area contributed by atoms with Crippen molar-refractivity contribution in [3.8, 4) is 0 Å². The summed E-state index contributed by atoms with van der Waals surface area (Å²) in [6.07, 6.45) is 18.8. The van der Waals surface area contributed by atoms with Crippen molar-refractivity contribution in [2.45, 2.75) is 121 Å². The lowest BCUT2D eigenvalue weighted by atomic mass is 9.72. The van der Waals surface area contributed by atoms with E-state index in [0.717, 1.165) is 43.4 Å². The molecule has 8 aromatic rings. The topological polar surface area (TPSA) is 142 Å². The number of rotatable bonds is 15. The van der Waals surface area contributed by atoms with E-state index in [0.29, 0.717) is 5.92 Å². The number of H-pyrrole nitrogens is 3. The van der Waals surface area contributed by atoms with Crippen LogP contribution in [0.3, 0.4) is 0 Å². The van der Waals surface area contributed by atoms with Crippen LogP contribution in [0.25, 0.3) is 32.7 Å². The molecule has 81 heavy (non-hydrogen) atoms. The highest BCUT2D eigenvalue weighted by atomic mass is 35.5. The molecule has 0 bridgehead atoms. The van der Waals surface area contributed by atoms with Crippen molar-refractivity contribution < 1.29 is 0 Å². The lowest BCUT2D eigenvalue weighted by Crippen LogP contribution is -2.47. The average molecular weight is 1190 g/mol. The molecular formula is C66H86Cl2N10S3. The maximum absolute atomic E-state index is 5.79. The highest BCUT2D eigenvalue weighted by molar-refractivity contribution is 7.86. The molecule has 3 unspecified atom stereocenters. The molecule has 5 aromatic carbocycles. The van der Waals surface area contributed by atoms with Gasteiger partial charge in [-0.15, -0.1) is 0 Å². The van der Waals surface area contributed by atoms with Gasteiger partial charge < -0.3 is 37.1 Å². The van der Waals surface area contributed by atoms with Gasteiger partial charge in [-0.2, -0.15) is 0 Å². The molecular weight excluding hydrogens is 1100 g/mol. The van der Waals surface area contributed by atoms with Gasteiger partial charge in [0.25, 0.3) is 0 Å². The summed E-state index contributed by atoms with van der Waals surface area (Å²) in [5.41, 5.74) is 22.3. The summed E-state index contributed by atoms with van der Waals surface area (Å²) in [5, 5.41) is 14.0. The van der Waals surface area contributed by atoms with Gasteiger partial charge in [-0.3, -0.25) is 9.80 Å². The van der Waals surface area contributed by atoms with Crippen LogP contribution in [0.1, 0.15) is 100.0 Å². The minimum Gasteiger partial charge on any atom is -0.362 e. The largest absolute Gasteiger partial charge is 0.362 e. The van der Waals surface area contributed by atoms with Crippen molar-refractivity contribution in [2.24, 2.45) is 28.3 Å². The number of fused-ring (bicyclic) bond motifs is 3. The normalized spacial score (nSPS) is 19.7. The molecule has 3 heterocycles. The number of para-hydroxylation sites is 3. The fraction of sp³-hybridized carbons (Fsp3) is 0.409. The zero-order valence-corrected chi connectivity index (χ0v) is 52.5. The van der Waals surface area contributed by atoms with Gasteiger partial charge in [-0.05, 0) is 208 Å². The minimum atomic E-state index is -0.0556. The summed E-state index contributed by atoms with van der Waals surface area (Å²) in [6, 6.07) is 47.7. The summed E-state index contributed by atoms with van der Waals surface area (Å²) >= 11 is 23.8. The molecule has 2 aliphatic rings. The molecule has 0 radical (unpaired) electrons. The van der Waals surface area contributed by atoms with E-state index in [1.54, 1.807) is 0 Å². The molecule has 0 spiro atoms. The van der Waals surface area contributed by atoms with Crippen LogP contribution in [0.4, 0.5) is 0 Å². The van der Waals surface area contributed by atoms with Crippen molar-refractivity contribution in [1.29, 1.82) is 0 Å². The molecule has 9 N–H and O–H groups in total. The first-order chi connectivity index (χ1) is 39.0. The fourth-order valence-corrected chi connectivity index (χ4v) is 12.3. The average Bonchev–Trinajstić information content (AvgIpc) is 4.21. The molecule has 0 amide bonds. The first-order valence-corrected chi connectivity index (χ1v) is 30.5. The molecule has 2 fully saturated rings. The van der Waals surface area contributed by atoms with Gasteiger partial charge in [0, 0.05) is 81.0 Å². The number of hydrogen-bond acceptors (Lipinski definition) is 8. The van der Waals surface area contributed by atoms with Crippen LogP contribution in [0.2, 0.25) is 0 Å². The zero-order chi connectivity index (χ0) is 58.4. The van der Waals surface area contributed by atoms with Gasteiger partial charge in [0.1, 0.15) is 0 Å². The van der Waals surface area contributed by atoms with Crippen LogP contribution >= 0.6 is 59.9 Å². The molecule has 432 valence electrons. The smallest absolute Gasteiger partial charge is 0.169 e. The molecule has 2 aliphatic carbocycles. The Hall–Kier alpha value is -5.28. The van der Waals surface area contributed by atoms with Crippen LogP contribution in [0.5, 0.6) is 0 Å². The van der Waals surface area contributed by atoms with Gasteiger partial charge in [0.15, 0.2) is 8.90 Å². The lowest BCUT2D eigenvalue weighted by Gasteiger charge is -2.45. The number of thiocarbonyl (C=S) groups is 3. The fourth-order valence-electron chi connectivity index (χ4n) is 11.8. The zero-order valence-electron chi connectivity index (χ0n) is 48.5. The van der Waals surface area contributed by atoms with Crippen LogP contribution in [-0.2, 0) is 30.3 Å². The Labute approximate surface area is 508 Å². The van der Waals surface area contributed by atoms with E-state index in [2.05, 4.69) is 227 Å². The van der Waals surface area contributed by atoms with E-state index < -0.39 is 0 Å². The second kappa shape index (κ2) is 32.5. The highest BCUT2D eigenvalue weighted by Crippen LogP contribution is 2.44. The van der Waals surface area contributed by atoms with Crippen molar-refractivity contribution in [1.82, 2.24) is 35.4 Å². The summed E-state index contributed by atoms with van der Waals surface area (Å²) in [6.45, 7) is 8.06. The van der Waals surface area contributed by atoms with Crippen molar-refractivity contribution in [3.63, 3.8) is 0 Å². The minimum absolute atomic E-state index is 0.0556. The van der Waals surface area contributed by atoms with E-state index in [4.69, 9.17) is 46.9 Å². The Morgan fingerprint density at radius 3 is 1.36 bits per heavy atom. The third-order valence-electron chi connectivity index (χ3n) is 16.3. The number of aromatic nitrogens is 3. The molecule has 2 saturated carbocycles. The molecule has 3 atom stereocenters. The lowest BCUT2D eigenvalue weighted by molar-refractivity contribution is 0.0781. The first-order valence-electron chi connectivity index (χ1n) is 28.5. The van der Waals surface area contributed by atoms with Crippen molar-refractivity contribution in [2.75, 3.05) is 41.3 Å². The van der Waals surface area contributed by atoms with Crippen LogP contribution in [-0.4, -0.2) is 98.2 Å². The van der Waals surface area contributed by atoms with E-state index >= 15 is 0 Å². The van der Waals surface area contributed by atoms with Crippen molar-refractivity contribution in [3.05, 3.63) is 180 Å². The molecule has 3 aromatic heterocycles. The van der Waals surface area contributed by atoms with E-state index in [9.17, 15) is 0 Å². The molecule has 15 heteroatoms. The van der Waals surface area contributed by atoms with Gasteiger partial charge in [-0.25, -0.2) is 4.99 Å². The quantitative estimate of drug-likeness (QED) is 0.0303. The number of benzene rings is 5. The molecule has 0 aliphatic heterocycles. The number of nitrogens with two attached hydrogens (primary N) is 2. The Kier molecular flexibility index (Phi) is 26.1. The van der Waals surface area contributed by atoms with Gasteiger partial charge in [0.2, 0.25) is 0 Å². The predicted molar refractivity (Wildman–Crippen MR) is 358 cm³/mol. The molecule has 0 saturated heterocycles. The maximum Gasteiger partial charge on any atom is 0.169 e. The Morgan fingerprint density at radius 2 is 0.975 bits per heavy atom. The van der Waals surface area contributed by atoms with Crippen LogP contribution < -0.4 is 22.1 Å². The standard InChI is InChI=1S/C27H36N4S.C15H24N2.C12H12N2S.C11H14N2.CCl2S/c1-20(17-22-19-28-25-12-8-7-11-24(22)25)30-26(32)29-18-21-13-15-27(16-14-21,31(2)3)23-9-5-4-6-10-23;1-17(2)15(14-6-4-3-5-7-14)10-8-13(12-16)9-11-15;1-9(14-8-15)6-10-7-13-12-5-3-2-4-11(10)12;1-8(12)6-9-7-13-11-5-3-2-4-10(9)11;2-1(3)4/h4-12,19-21,28H,13-18H2,1-3H3,(H2,29,30,32);3-7,13H,8-12,16H2,1-2H3;2-5,7,9,13H,6H2,1H3;2-5,7-8,13H,6,12H2,1H3;. The predicted octanol–water partition coefficient (Wildman–Crippen LogP) is 14.8. The second-order valence-electron chi connectivity index (χ2n) is 22.4. The van der Waals surface area contributed by atoms with Crippen LogP contribution in [0, 0.1) is 11.8 Å². The third kappa shape index (κ3) is 18.9. The Morgan fingerprint density at radius 1 is 0.605 bits per heavy atom. The van der Waals surface area contributed by atoms with Gasteiger partial charge >= 0.3 is 0 Å². The number of nitrogens with one attached hydrogen (secondary N) is 5. The summed E-state index contributed by atoms with van der Waals surface area (Å²) in [7, 11) is 8.85. The van der Waals surface area contributed by atoms with Gasteiger partial charge in [0.05, 0.1) is 11.2 Å². The summed E-state index contributed by atoms with van der Waals surface area (Å²) in [5.74, 6) is 1.39. The van der Waals surface area contributed by atoms with E-state index in [-0.39, 0.29) is 33.0 Å². The summed E-state index contributed by atoms with van der Waals surface area (Å²) < 4.78 is -0.0556. The Balaban J connectivity index is 0.000000182. The number of aliphatic imine (C=N–C) groups is 1. The van der Waals surface area contributed by atoms with Crippen molar-refractivity contribution >= 4 is 107 Å². The Bertz CT molecular complexity index is 3180. The van der Waals surface area contributed by atoms with Gasteiger partial charge in [-0.1, -0.05) is 151 Å². The SMILES string of the molecule is CC(Cc1c[nH]c2ccccc12)N=C=S.CC(Cc1c[nH]c2ccccc12)NC(=S)NCC1CCC(c2ccccc2)(N(C)C)CC1.CC(N)Cc1c[nH]c2ccccc12.CN(C)C1(c2ccccc2)CCC(CN)CC1.S=C(Cl)Cl. The number of aromatic amines is 3. The number of isothiocyanates is 1. The molecule has 10 nitrogen and oxygen atoms in total. The first kappa shape index (κ1) is 64.9. The van der Waals surface area contributed by atoms with E-state index in [1.165, 1.54) is 112 Å². The molecule has 10 rings (SSSR count). The monoisotopic (exact) mass is 1180 g/mol. The van der Waals surface area contributed by atoms with Crippen LogP contribution in [0.15, 0.2) is 157 Å². The third-order valence-corrected chi connectivity index (χ3v) is 16.7. The number of halogens is 2. The van der Waals surface area contributed by atoms with E-state index in [1.807, 2.05) is 44.4 Å². The number of hydrogen-bond donors (Lipinski definition) is 7. The highest BCUT2D eigenvalue weighted by Gasteiger charge is 2.39.